The van der Waals surface area contributed by atoms with E-state index in [0.717, 1.165) is 31.2 Å². The molecule has 18 heavy (non-hydrogen) atoms. The zero-order chi connectivity index (χ0) is 13.0. The van der Waals surface area contributed by atoms with Crippen LogP contribution in [0.1, 0.15) is 41.6 Å². The highest BCUT2D eigenvalue weighted by molar-refractivity contribution is 5.92. The number of amides is 1. The van der Waals surface area contributed by atoms with Gasteiger partial charge in [-0.2, -0.15) is 0 Å². The summed E-state index contributed by atoms with van der Waals surface area (Å²) in [4.78, 5) is 11.1. The van der Waals surface area contributed by atoms with Gasteiger partial charge in [-0.15, -0.1) is 0 Å². The Morgan fingerprint density at radius 1 is 1.39 bits per heavy atom. The molecule has 0 spiro atoms. The SMILES string of the molecule is NC(=O)c1cccc(CN[C@@H]2CCCC[C@@H]2O)c1. The molecular formula is C14H20N2O2. The number of aliphatic hydroxyl groups excluding tert-OH is 1. The summed E-state index contributed by atoms with van der Waals surface area (Å²) in [5.41, 5.74) is 6.79. The summed E-state index contributed by atoms with van der Waals surface area (Å²) in [6.07, 6.45) is 3.90. The van der Waals surface area contributed by atoms with Crippen LogP contribution in [0.3, 0.4) is 0 Å². The fourth-order valence-corrected chi connectivity index (χ4v) is 2.43. The number of carbonyl (C=O) groups excluding carboxylic acids is 1. The Kier molecular flexibility index (Phi) is 4.33. The molecule has 0 aliphatic heterocycles. The maximum absolute atomic E-state index is 11.1. The second-order valence-corrected chi connectivity index (χ2v) is 4.90. The Morgan fingerprint density at radius 2 is 2.17 bits per heavy atom. The van der Waals surface area contributed by atoms with Gasteiger partial charge in [-0.1, -0.05) is 25.0 Å². The Balaban J connectivity index is 1.93. The fraction of sp³-hybridized carbons (Fsp3) is 0.500. The lowest BCUT2D eigenvalue weighted by Crippen LogP contribution is -2.41. The number of rotatable bonds is 4. The third-order valence-electron chi connectivity index (χ3n) is 3.51. The van der Waals surface area contributed by atoms with Gasteiger partial charge in [-0.25, -0.2) is 0 Å². The van der Waals surface area contributed by atoms with Gasteiger partial charge in [0.15, 0.2) is 0 Å². The third kappa shape index (κ3) is 3.31. The monoisotopic (exact) mass is 248 g/mol. The molecule has 0 bridgehead atoms. The first-order valence-electron chi connectivity index (χ1n) is 6.47. The molecule has 2 rings (SSSR count). The van der Waals surface area contributed by atoms with E-state index in [2.05, 4.69) is 5.32 Å². The van der Waals surface area contributed by atoms with Gasteiger partial charge >= 0.3 is 0 Å². The smallest absolute Gasteiger partial charge is 0.248 e. The van der Waals surface area contributed by atoms with Crippen molar-refractivity contribution in [2.75, 3.05) is 0 Å². The highest BCUT2D eigenvalue weighted by Gasteiger charge is 2.22. The minimum atomic E-state index is -0.408. The highest BCUT2D eigenvalue weighted by Crippen LogP contribution is 2.18. The first-order chi connectivity index (χ1) is 8.66. The fourth-order valence-electron chi connectivity index (χ4n) is 2.43. The van der Waals surface area contributed by atoms with Gasteiger partial charge < -0.3 is 16.2 Å². The molecule has 0 saturated heterocycles. The molecule has 2 atom stereocenters. The summed E-state index contributed by atoms with van der Waals surface area (Å²) < 4.78 is 0. The number of nitrogens with two attached hydrogens (primary N) is 1. The quantitative estimate of drug-likeness (QED) is 0.749. The van der Waals surface area contributed by atoms with Crippen LogP contribution >= 0.6 is 0 Å². The third-order valence-corrected chi connectivity index (χ3v) is 3.51. The molecule has 1 amide bonds. The molecule has 1 aromatic carbocycles. The predicted octanol–water partition coefficient (Wildman–Crippen LogP) is 1.18. The van der Waals surface area contributed by atoms with E-state index in [1.54, 1.807) is 12.1 Å². The van der Waals surface area contributed by atoms with Crippen LogP contribution in [-0.4, -0.2) is 23.2 Å². The average Bonchev–Trinajstić information content (AvgIpc) is 2.38. The molecule has 4 nitrogen and oxygen atoms in total. The molecule has 0 heterocycles. The van der Waals surface area contributed by atoms with E-state index < -0.39 is 5.91 Å². The lowest BCUT2D eigenvalue weighted by molar-refractivity contribution is 0.0902. The van der Waals surface area contributed by atoms with Crippen LogP contribution in [0.5, 0.6) is 0 Å². The molecule has 1 aromatic rings. The van der Waals surface area contributed by atoms with E-state index in [0.29, 0.717) is 12.1 Å². The van der Waals surface area contributed by atoms with E-state index in [4.69, 9.17) is 5.73 Å². The van der Waals surface area contributed by atoms with Crippen molar-refractivity contribution in [3.8, 4) is 0 Å². The average molecular weight is 248 g/mol. The Hall–Kier alpha value is -1.39. The number of hydrogen-bond donors (Lipinski definition) is 3. The number of aliphatic hydroxyl groups is 1. The summed E-state index contributed by atoms with van der Waals surface area (Å²) in [5, 5.41) is 13.2. The number of nitrogens with one attached hydrogen (secondary N) is 1. The largest absolute Gasteiger partial charge is 0.392 e. The maximum Gasteiger partial charge on any atom is 0.248 e. The second-order valence-electron chi connectivity index (χ2n) is 4.90. The maximum atomic E-state index is 11.1. The van der Waals surface area contributed by atoms with Gasteiger partial charge in [0, 0.05) is 18.2 Å². The minimum absolute atomic E-state index is 0.163. The zero-order valence-electron chi connectivity index (χ0n) is 10.4. The van der Waals surface area contributed by atoms with Crippen molar-refractivity contribution >= 4 is 5.91 Å². The summed E-state index contributed by atoms with van der Waals surface area (Å²) in [7, 11) is 0. The van der Waals surface area contributed by atoms with Crippen LogP contribution in [0.25, 0.3) is 0 Å². The molecule has 1 fully saturated rings. The van der Waals surface area contributed by atoms with Crippen molar-refractivity contribution in [3.05, 3.63) is 35.4 Å². The van der Waals surface area contributed by atoms with Crippen molar-refractivity contribution in [2.24, 2.45) is 5.73 Å². The Morgan fingerprint density at radius 3 is 2.89 bits per heavy atom. The molecule has 1 aliphatic carbocycles. The summed E-state index contributed by atoms with van der Waals surface area (Å²) in [5.74, 6) is -0.408. The van der Waals surface area contributed by atoms with Crippen molar-refractivity contribution in [1.82, 2.24) is 5.32 Å². The highest BCUT2D eigenvalue weighted by atomic mass is 16.3. The van der Waals surface area contributed by atoms with Crippen LogP contribution in [0.15, 0.2) is 24.3 Å². The van der Waals surface area contributed by atoms with Crippen LogP contribution in [0.4, 0.5) is 0 Å². The van der Waals surface area contributed by atoms with Crippen molar-refractivity contribution < 1.29 is 9.90 Å². The molecular weight excluding hydrogens is 228 g/mol. The number of hydrogen-bond acceptors (Lipinski definition) is 3. The van der Waals surface area contributed by atoms with Crippen molar-refractivity contribution in [2.45, 2.75) is 44.4 Å². The van der Waals surface area contributed by atoms with Crippen LogP contribution in [-0.2, 0) is 6.54 Å². The molecule has 98 valence electrons. The first kappa shape index (κ1) is 13.1. The van der Waals surface area contributed by atoms with E-state index in [-0.39, 0.29) is 12.1 Å². The molecule has 1 saturated carbocycles. The second kappa shape index (κ2) is 5.98. The predicted molar refractivity (Wildman–Crippen MR) is 70.1 cm³/mol. The van der Waals surface area contributed by atoms with Crippen LogP contribution < -0.4 is 11.1 Å². The van der Waals surface area contributed by atoms with Gasteiger partial charge in [0.2, 0.25) is 5.91 Å². The van der Waals surface area contributed by atoms with E-state index in [1.807, 2.05) is 12.1 Å². The Bertz CT molecular complexity index is 420. The molecule has 0 radical (unpaired) electrons. The van der Waals surface area contributed by atoms with Crippen molar-refractivity contribution in [1.29, 1.82) is 0 Å². The van der Waals surface area contributed by atoms with Gasteiger partial charge in [0.05, 0.1) is 6.10 Å². The number of carbonyl (C=O) groups is 1. The summed E-state index contributed by atoms with van der Waals surface area (Å²) >= 11 is 0. The van der Waals surface area contributed by atoms with Crippen LogP contribution in [0.2, 0.25) is 0 Å². The molecule has 4 N–H and O–H groups in total. The molecule has 0 unspecified atom stereocenters. The van der Waals surface area contributed by atoms with Gasteiger partial charge in [0.25, 0.3) is 0 Å². The first-order valence-corrected chi connectivity index (χ1v) is 6.47. The topological polar surface area (TPSA) is 75.4 Å². The number of primary amides is 1. The Labute approximate surface area is 107 Å². The van der Waals surface area contributed by atoms with Gasteiger partial charge in [-0.3, -0.25) is 4.79 Å². The van der Waals surface area contributed by atoms with E-state index in [1.165, 1.54) is 0 Å². The summed E-state index contributed by atoms with van der Waals surface area (Å²) in [6.45, 7) is 0.656. The molecule has 1 aliphatic rings. The lowest BCUT2D eigenvalue weighted by Gasteiger charge is -2.28. The van der Waals surface area contributed by atoms with Gasteiger partial charge in [-0.05, 0) is 30.5 Å². The molecule has 0 aromatic heterocycles. The normalized spacial score (nSPS) is 23.8. The summed E-state index contributed by atoms with van der Waals surface area (Å²) in [6, 6.07) is 7.45. The standard InChI is InChI=1S/C14H20N2O2/c15-14(18)11-5-3-4-10(8-11)9-16-12-6-1-2-7-13(12)17/h3-5,8,12-13,16-17H,1-2,6-7,9H2,(H2,15,18)/t12-,13+/m1/s1. The number of benzene rings is 1. The molecule has 4 heteroatoms. The van der Waals surface area contributed by atoms with Crippen LogP contribution in [0, 0.1) is 0 Å². The van der Waals surface area contributed by atoms with E-state index in [9.17, 15) is 9.90 Å². The minimum Gasteiger partial charge on any atom is -0.392 e. The van der Waals surface area contributed by atoms with Crippen molar-refractivity contribution in [3.63, 3.8) is 0 Å². The van der Waals surface area contributed by atoms with E-state index >= 15 is 0 Å². The zero-order valence-corrected chi connectivity index (χ0v) is 10.4. The van der Waals surface area contributed by atoms with Gasteiger partial charge in [0.1, 0.15) is 0 Å². The lowest BCUT2D eigenvalue weighted by atomic mass is 9.92.